The second-order valence-corrected chi connectivity index (χ2v) is 23.4. The Morgan fingerprint density at radius 3 is 2.57 bits per heavy atom. The zero-order chi connectivity index (χ0) is 49.4. The molecule has 14 nitrogen and oxygen atoms in total. The van der Waals surface area contributed by atoms with E-state index in [1.54, 1.807) is 34.8 Å². The van der Waals surface area contributed by atoms with Gasteiger partial charge in [0.05, 0.1) is 36.5 Å². The van der Waals surface area contributed by atoms with Crippen LogP contribution in [0.2, 0.25) is 0 Å². The molecule has 9 N–H and O–H groups in total. The Balaban J connectivity index is 1.28. The van der Waals surface area contributed by atoms with E-state index in [1.165, 1.54) is 31.7 Å². The third-order valence-corrected chi connectivity index (χ3v) is 18.6. The van der Waals surface area contributed by atoms with Gasteiger partial charge in [-0.25, -0.2) is 4.99 Å². The van der Waals surface area contributed by atoms with Gasteiger partial charge in [0.1, 0.15) is 12.5 Å². The van der Waals surface area contributed by atoms with Crippen LogP contribution in [-0.4, -0.2) is 112 Å². The molecule has 70 heavy (non-hydrogen) atoms. The molecule has 2 aromatic carbocycles. The van der Waals surface area contributed by atoms with Gasteiger partial charge in [0, 0.05) is 72.8 Å². The number of aliphatic hydroxyl groups is 4. The Kier molecular flexibility index (Phi) is 17.8. The van der Waals surface area contributed by atoms with Crippen LogP contribution < -0.4 is 30.6 Å². The fourth-order valence-electron chi connectivity index (χ4n) is 12.1. The normalized spacial score (nSPS) is 29.7. The number of guanidine groups is 1. The van der Waals surface area contributed by atoms with Crippen LogP contribution in [0.1, 0.15) is 125 Å². The molecule has 9 rings (SSSR count). The van der Waals surface area contributed by atoms with E-state index < -0.39 is 36.7 Å². The predicted molar refractivity (Wildman–Crippen MR) is 274 cm³/mol. The van der Waals surface area contributed by atoms with Gasteiger partial charge in [0.15, 0.2) is 35.8 Å². The van der Waals surface area contributed by atoms with Gasteiger partial charge in [-0.15, -0.1) is 0 Å². The molecular formula is C54H74N4O10S2. The van der Waals surface area contributed by atoms with Crippen molar-refractivity contribution in [3.05, 3.63) is 46.0 Å². The minimum Gasteiger partial charge on any atom is -0.504 e. The highest BCUT2D eigenvalue weighted by Gasteiger charge is 2.51. The van der Waals surface area contributed by atoms with Crippen molar-refractivity contribution < 1.29 is 49.3 Å². The number of hydrogen-bond donors (Lipinski definition) is 8. The number of carbonyl (C=O) groups is 1. The van der Waals surface area contributed by atoms with Crippen molar-refractivity contribution in [2.45, 2.75) is 159 Å². The standard InChI is InChI=1S/C54H74N4O10S2/c1-33(2)46-29-70-69-28-44-43-26-42-35-12-16-39(62)25-38(61)15-11-34-13-18-47(63)49(67-32-60)41(34)9-6-8-36(24-35)48(50(42)68-51(43)64)66-31-56-54(22-7-10-45(44)57-52(55)58-46)30-53(20-4-5-21-53)23-19-37(54)14-17-40(27-59)65-3/h13,18,24,33,37,39-40,43-46,51,56,59-60,62-64H,4-5,8,11-12,14-17,19-23,25-32H2,1-3H3,(H3,55,57,58). The zero-order valence-corrected chi connectivity index (χ0v) is 42.7. The fourth-order valence-corrected chi connectivity index (χ4v) is 14.9. The lowest BCUT2D eigenvalue weighted by atomic mass is 9.58. The molecule has 4 aliphatic heterocycles. The van der Waals surface area contributed by atoms with Gasteiger partial charge in [-0.05, 0) is 105 Å². The van der Waals surface area contributed by atoms with Crippen molar-refractivity contribution in [3.63, 3.8) is 0 Å². The van der Waals surface area contributed by atoms with Crippen molar-refractivity contribution in [3.8, 4) is 46.7 Å². The first-order chi connectivity index (χ1) is 33.8. The number of nitrogens with zero attached hydrogens (tertiary/aromatic N) is 1. The highest BCUT2D eigenvalue weighted by Crippen LogP contribution is 2.56. The van der Waals surface area contributed by atoms with Crippen LogP contribution >= 0.6 is 21.6 Å². The summed E-state index contributed by atoms with van der Waals surface area (Å²) in [5.41, 5.74) is 10.0. The number of aliphatic hydroxyl groups excluding tert-OH is 4. The number of benzene rings is 2. The lowest BCUT2D eigenvalue weighted by molar-refractivity contribution is -0.121. The maximum atomic E-state index is 13.3. The molecule has 9 unspecified atom stereocenters. The summed E-state index contributed by atoms with van der Waals surface area (Å²) >= 11 is 0. The Bertz CT molecular complexity index is 2310. The molecule has 2 fully saturated rings. The molecule has 0 saturated heterocycles. The third kappa shape index (κ3) is 12.1. The van der Waals surface area contributed by atoms with Crippen LogP contribution in [0.25, 0.3) is 0 Å². The van der Waals surface area contributed by atoms with E-state index in [4.69, 9.17) is 29.7 Å². The second kappa shape index (κ2) is 23.8. The van der Waals surface area contributed by atoms with E-state index in [1.807, 2.05) is 0 Å². The lowest BCUT2D eigenvalue weighted by Crippen LogP contribution is -2.58. The van der Waals surface area contributed by atoms with E-state index in [9.17, 15) is 30.3 Å². The number of ether oxygens (including phenoxy) is 4. The molecule has 2 saturated carbocycles. The first-order valence-electron chi connectivity index (χ1n) is 25.5. The summed E-state index contributed by atoms with van der Waals surface area (Å²) < 4.78 is 25.0. The molecule has 2 spiro atoms. The largest absolute Gasteiger partial charge is 0.504 e. The first-order valence-corrected chi connectivity index (χ1v) is 28.0. The average Bonchev–Trinajstić information content (AvgIpc) is 3.78. The Hall–Kier alpha value is -3.84. The average molecular weight is 1000 g/mol. The second-order valence-electron chi connectivity index (χ2n) is 20.9. The maximum Gasteiger partial charge on any atom is 0.201 e. The smallest absolute Gasteiger partial charge is 0.201 e. The van der Waals surface area contributed by atoms with Gasteiger partial charge in [-0.3, -0.25) is 10.1 Å². The van der Waals surface area contributed by atoms with Gasteiger partial charge >= 0.3 is 0 Å². The molecule has 4 heterocycles. The van der Waals surface area contributed by atoms with Crippen LogP contribution in [0, 0.1) is 52.8 Å². The van der Waals surface area contributed by atoms with Crippen molar-refractivity contribution in [2.75, 3.05) is 38.7 Å². The molecule has 6 bridgehead atoms. The van der Waals surface area contributed by atoms with E-state index in [0.717, 1.165) is 42.6 Å². The molecule has 3 aliphatic carbocycles. The number of rotatable bonds is 8. The zero-order valence-electron chi connectivity index (χ0n) is 41.1. The van der Waals surface area contributed by atoms with Crippen LogP contribution in [0.4, 0.5) is 0 Å². The van der Waals surface area contributed by atoms with Crippen molar-refractivity contribution in [2.24, 2.45) is 39.8 Å². The van der Waals surface area contributed by atoms with E-state index in [0.29, 0.717) is 78.4 Å². The number of nitrogens with one attached hydrogen (secondary N) is 2. The van der Waals surface area contributed by atoms with Crippen LogP contribution in [0.5, 0.6) is 23.0 Å². The van der Waals surface area contributed by atoms with E-state index >= 15 is 0 Å². The Morgan fingerprint density at radius 1 is 0.986 bits per heavy atom. The molecular weight excluding hydrogens is 929 g/mol. The maximum absolute atomic E-state index is 13.3. The molecule has 0 aromatic heterocycles. The monoisotopic (exact) mass is 1000 g/mol. The van der Waals surface area contributed by atoms with Crippen molar-refractivity contribution >= 4 is 33.3 Å². The molecule has 7 aliphatic rings. The van der Waals surface area contributed by atoms with Gasteiger partial charge in [0.2, 0.25) is 6.29 Å². The summed E-state index contributed by atoms with van der Waals surface area (Å²) in [6.45, 7) is 3.68. The predicted octanol–water partition coefficient (Wildman–Crippen LogP) is 5.91. The van der Waals surface area contributed by atoms with Crippen LogP contribution in [-0.2, 0) is 35.2 Å². The van der Waals surface area contributed by atoms with Gasteiger partial charge in [0.25, 0.3) is 0 Å². The number of methoxy groups -OCH3 is 1. The summed E-state index contributed by atoms with van der Waals surface area (Å²) in [5, 5.41) is 62.1. The number of aromatic hydroxyl groups is 1. The van der Waals surface area contributed by atoms with Crippen molar-refractivity contribution in [1.29, 1.82) is 0 Å². The number of carbonyl (C=O) groups excluding carboxylic acids is 1. The van der Waals surface area contributed by atoms with Gasteiger partial charge < -0.3 is 55.5 Å². The Morgan fingerprint density at radius 2 is 1.80 bits per heavy atom. The molecule has 16 heteroatoms. The summed E-state index contributed by atoms with van der Waals surface area (Å²) in [6, 6.07) is 4.77. The van der Waals surface area contributed by atoms with Crippen molar-refractivity contribution in [1.82, 2.24) is 10.6 Å². The molecule has 382 valence electrons. The quantitative estimate of drug-likeness (QED) is 0.0876. The van der Waals surface area contributed by atoms with Gasteiger partial charge in [-0.2, -0.15) is 0 Å². The lowest BCUT2D eigenvalue weighted by Gasteiger charge is -2.52. The summed E-state index contributed by atoms with van der Waals surface area (Å²) in [6.07, 6.45) is 9.23. The number of aryl methyl sites for hydroxylation is 2. The number of phenolic OH excluding ortho intramolecular Hbond substituents is 1. The van der Waals surface area contributed by atoms with Gasteiger partial charge in [-0.1, -0.05) is 84.1 Å². The third-order valence-electron chi connectivity index (χ3n) is 16.1. The minimum atomic E-state index is -1.24. The highest BCUT2D eigenvalue weighted by atomic mass is 33.1. The number of phenols is 1. The molecule has 2 aromatic rings. The van der Waals surface area contributed by atoms with Crippen LogP contribution in [0.15, 0.2) is 23.2 Å². The molecule has 0 amide bonds. The van der Waals surface area contributed by atoms with E-state index in [2.05, 4.69) is 54.2 Å². The fraction of sp³-hybridized carbons (Fsp3) is 0.667. The summed E-state index contributed by atoms with van der Waals surface area (Å²) in [5.74, 6) is 16.1. The minimum absolute atomic E-state index is 0.0122. The van der Waals surface area contributed by atoms with E-state index in [-0.39, 0.29) is 85.2 Å². The number of Topliss-reactive ketones (excluding diaryl/α,β-unsaturated/α-hetero) is 1. The number of nitrogens with two attached hydrogens (primary N) is 1. The molecule has 0 radical (unpaired) electrons. The van der Waals surface area contributed by atoms with Crippen LogP contribution in [0.3, 0.4) is 0 Å². The SMILES string of the molecule is COC(CO)CCC1CCC2(CCCC2)CC12CC#CC1NC(N)=NC(C(C)C)CSSCC1C1Cc3c4cc(c(c3OC1O)OCN2)CC#Cc1c(ccc(O)c1OCO)CCC(=O)CC(O)CC4. The summed E-state index contributed by atoms with van der Waals surface area (Å²) in [4.78, 5) is 18.3. The topological polar surface area (TPSA) is 218 Å². The number of fused-ring (bicyclic) bond motifs is 7. The molecule has 9 atom stereocenters. The first kappa shape index (κ1) is 52.5. The summed E-state index contributed by atoms with van der Waals surface area (Å²) in [7, 11) is 5.17. The number of aliphatic imine (C=N–C) groups is 1. The Labute approximate surface area is 421 Å². The highest BCUT2D eigenvalue weighted by molar-refractivity contribution is 8.76. The number of ketones is 1. The number of hydrogen-bond acceptors (Lipinski definition) is 16.